The van der Waals surface area contributed by atoms with Crippen LogP contribution in [0.1, 0.15) is 44.1 Å². The van der Waals surface area contributed by atoms with Gasteiger partial charge >= 0.3 is 0 Å². The average molecular weight is 341 g/mol. The third-order valence-electron chi connectivity index (χ3n) is 4.90. The molecule has 0 heterocycles. The molecule has 2 rings (SSSR count). The maximum atomic E-state index is 12.7. The van der Waals surface area contributed by atoms with Crippen LogP contribution in [0.5, 0.6) is 0 Å². The number of carbonyl (C=O) groups is 2. The molecule has 1 aromatic rings. The van der Waals surface area contributed by atoms with E-state index in [0.29, 0.717) is 18.9 Å². The van der Waals surface area contributed by atoms with Crippen molar-refractivity contribution in [2.75, 3.05) is 13.6 Å². The van der Waals surface area contributed by atoms with Crippen LogP contribution >= 0.6 is 0 Å². The van der Waals surface area contributed by atoms with Gasteiger partial charge in [0, 0.05) is 13.6 Å². The minimum absolute atomic E-state index is 0.00592. The third-order valence-corrected chi connectivity index (χ3v) is 4.90. The maximum absolute atomic E-state index is 12.7. The van der Waals surface area contributed by atoms with E-state index in [-0.39, 0.29) is 18.4 Å². The van der Waals surface area contributed by atoms with Crippen molar-refractivity contribution in [2.45, 2.75) is 45.1 Å². The van der Waals surface area contributed by atoms with Gasteiger partial charge in [0.05, 0.1) is 6.07 Å². The summed E-state index contributed by atoms with van der Waals surface area (Å²) in [5, 5.41) is 11.7. The van der Waals surface area contributed by atoms with Gasteiger partial charge in [-0.25, -0.2) is 0 Å². The van der Waals surface area contributed by atoms with Crippen LogP contribution in [0.3, 0.4) is 0 Å². The minimum Gasteiger partial charge on any atom is -0.351 e. The van der Waals surface area contributed by atoms with Crippen molar-refractivity contribution in [3.05, 3.63) is 35.9 Å². The molecule has 0 saturated heterocycles. The lowest BCUT2D eigenvalue weighted by atomic mass is 9.82. The summed E-state index contributed by atoms with van der Waals surface area (Å²) in [4.78, 5) is 26.7. The van der Waals surface area contributed by atoms with Gasteiger partial charge in [0.2, 0.25) is 11.8 Å². The molecule has 1 unspecified atom stereocenters. The summed E-state index contributed by atoms with van der Waals surface area (Å²) in [7, 11) is 1.59. The number of amides is 2. The first kappa shape index (κ1) is 19.0. The van der Waals surface area contributed by atoms with Gasteiger partial charge in [0.25, 0.3) is 0 Å². The van der Waals surface area contributed by atoms with Crippen LogP contribution in [0.4, 0.5) is 0 Å². The fraction of sp³-hybridized carbons (Fsp3) is 0.550. The Bertz CT molecular complexity index is 603. The Balaban J connectivity index is 2.02. The SMILES string of the molecule is CN(CC#N)C(=O)C(CC1CCCCC1)C(=O)NCc1ccccc1. The first-order valence-electron chi connectivity index (χ1n) is 9.05. The van der Waals surface area contributed by atoms with E-state index >= 15 is 0 Å². The number of hydrogen-bond acceptors (Lipinski definition) is 3. The smallest absolute Gasteiger partial charge is 0.235 e. The summed E-state index contributed by atoms with van der Waals surface area (Å²) >= 11 is 0. The first-order chi connectivity index (χ1) is 12.1. The second-order valence-corrected chi connectivity index (χ2v) is 6.85. The van der Waals surface area contributed by atoms with Crippen molar-refractivity contribution in [2.24, 2.45) is 11.8 Å². The quantitative estimate of drug-likeness (QED) is 0.612. The van der Waals surface area contributed by atoms with E-state index in [1.807, 2.05) is 36.4 Å². The zero-order chi connectivity index (χ0) is 18.1. The van der Waals surface area contributed by atoms with Gasteiger partial charge in [-0.05, 0) is 17.9 Å². The molecule has 0 aliphatic heterocycles. The zero-order valence-corrected chi connectivity index (χ0v) is 14.9. The summed E-state index contributed by atoms with van der Waals surface area (Å²) in [5.74, 6) is -0.771. The van der Waals surface area contributed by atoms with E-state index in [2.05, 4.69) is 5.32 Å². The van der Waals surface area contributed by atoms with Gasteiger partial charge in [-0.1, -0.05) is 62.4 Å². The molecule has 1 aromatic carbocycles. The highest BCUT2D eigenvalue weighted by molar-refractivity contribution is 6.00. The molecule has 0 radical (unpaired) electrons. The lowest BCUT2D eigenvalue weighted by Crippen LogP contribution is -2.43. The standard InChI is InChI=1S/C20H27N3O2/c1-23(13-12-21)20(25)18(14-16-8-4-2-5-9-16)19(24)22-15-17-10-6-3-7-11-17/h3,6-7,10-11,16,18H,2,4-5,8-9,13-15H2,1H3,(H,22,24). The minimum atomic E-state index is -0.704. The van der Waals surface area contributed by atoms with Crippen molar-refractivity contribution in [3.8, 4) is 6.07 Å². The molecule has 5 nitrogen and oxygen atoms in total. The van der Waals surface area contributed by atoms with Gasteiger partial charge in [-0.2, -0.15) is 5.26 Å². The molecule has 0 spiro atoms. The van der Waals surface area contributed by atoms with Gasteiger partial charge in [0.15, 0.2) is 0 Å². The molecule has 0 bridgehead atoms. The molecule has 5 heteroatoms. The van der Waals surface area contributed by atoms with E-state index in [0.717, 1.165) is 18.4 Å². The van der Waals surface area contributed by atoms with Crippen molar-refractivity contribution >= 4 is 11.8 Å². The molecule has 1 aliphatic carbocycles. The molecular weight excluding hydrogens is 314 g/mol. The second kappa shape index (κ2) is 9.83. The molecule has 134 valence electrons. The average Bonchev–Trinajstić information content (AvgIpc) is 2.65. The number of nitrogens with zero attached hydrogens (tertiary/aromatic N) is 2. The topological polar surface area (TPSA) is 73.2 Å². The van der Waals surface area contributed by atoms with Crippen LogP contribution in [-0.2, 0) is 16.1 Å². The van der Waals surface area contributed by atoms with E-state index in [1.165, 1.54) is 24.2 Å². The van der Waals surface area contributed by atoms with Crippen molar-refractivity contribution in [1.29, 1.82) is 5.26 Å². The molecule has 1 saturated carbocycles. The summed E-state index contributed by atoms with van der Waals surface area (Å²) in [5.41, 5.74) is 1.00. The normalized spacial score (nSPS) is 15.8. The summed E-state index contributed by atoms with van der Waals surface area (Å²) in [6, 6.07) is 11.6. The molecular formula is C20H27N3O2. The Morgan fingerprint density at radius 2 is 1.92 bits per heavy atom. The Morgan fingerprint density at radius 1 is 1.24 bits per heavy atom. The highest BCUT2D eigenvalue weighted by Crippen LogP contribution is 2.29. The lowest BCUT2D eigenvalue weighted by Gasteiger charge is -2.27. The van der Waals surface area contributed by atoms with Gasteiger partial charge in [-0.3, -0.25) is 9.59 Å². The molecule has 2 amide bonds. The molecule has 0 aromatic heterocycles. The zero-order valence-electron chi connectivity index (χ0n) is 14.9. The number of rotatable bonds is 7. The van der Waals surface area contributed by atoms with Crippen molar-refractivity contribution in [1.82, 2.24) is 10.2 Å². The van der Waals surface area contributed by atoms with Crippen LogP contribution in [-0.4, -0.2) is 30.3 Å². The number of carbonyl (C=O) groups excluding carboxylic acids is 2. The van der Waals surface area contributed by atoms with Crippen molar-refractivity contribution < 1.29 is 9.59 Å². The third kappa shape index (κ3) is 5.90. The molecule has 1 fully saturated rings. The molecule has 1 N–H and O–H groups in total. The predicted molar refractivity (Wildman–Crippen MR) is 96.2 cm³/mol. The van der Waals surface area contributed by atoms with E-state index < -0.39 is 5.92 Å². The van der Waals surface area contributed by atoms with E-state index in [4.69, 9.17) is 5.26 Å². The lowest BCUT2D eigenvalue weighted by molar-refractivity contribution is -0.141. The second-order valence-electron chi connectivity index (χ2n) is 6.85. The van der Waals surface area contributed by atoms with Gasteiger partial charge < -0.3 is 10.2 Å². The molecule has 25 heavy (non-hydrogen) atoms. The first-order valence-corrected chi connectivity index (χ1v) is 9.05. The molecule has 1 aliphatic rings. The van der Waals surface area contributed by atoms with Crippen LogP contribution in [0, 0.1) is 23.2 Å². The van der Waals surface area contributed by atoms with Crippen LogP contribution in [0.2, 0.25) is 0 Å². The molecule has 1 atom stereocenters. The van der Waals surface area contributed by atoms with Crippen LogP contribution in [0.15, 0.2) is 30.3 Å². The fourth-order valence-electron chi connectivity index (χ4n) is 3.43. The van der Waals surface area contributed by atoms with E-state index in [9.17, 15) is 9.59 Å². The van der Waals surface area contributed by atoms with Gasteiger partial charge in [-0.15, -0.1) is 0 Å². The number of nitrogens with one attached hydrogen (secondary N) is 1. The predicted octanol–water partition coefficient (Wildman–Crippen LogP) is 2.87. The Kier molecular flexibility index (Phi) is 7.46. The Morgan fingerprint density at radius 3 is 2.56 bits per heavy atom. The number of nitriles is 1. The summed E-state index contributed by atoms with van der Waals surface area (Å²) in [6.45, 7) is 0.419. The monoisotopic (exact) mass is 341 g/mol. The number of benzene rings is 1. The Labute approximate surface area is 150 Å². The summed E-state index contributed by atoms with van der Waals surface area (Å²) < 4.78 is 0. The fourth-order valence-corrected chi connectivity index (χ4v) is 3.43. The highest BCUT2D eigenvalue weighted by atomic mass is 16.2. The largest absolute Gasteiger partial charge is 0.351 e. The van der Waals surface area contributed by atoms with Gasteiger partial charge in [0.1, 0.15) is 12.5 Å². The van der Waals surface area contributed by atoms with Crippen LogP contribution < -0.4 is 5.32 Å². The highest BCUT2D eigenvalue weighted by Gasteiger charge is 2.32. The number of hydrogen-bond donors (Lipinski definition) is 1. The van der Waals surface area contributed by atoms with Crippen LogP contribution in [0.25, 0.3) is 0 Å². The maximum Gasteiger partial charge on any atom is 0.235 e. The summed E-state index contributed by atoms with van der Waals surface area (Å²) in [6.07, 6.45) is 6.32. The van der Waals surface area contributed by atoms with E-state index in [1.54, 1.807) is 7.05 Å². The van der Waals surface area contributed by atoms with Crippen molar-refractivity contribution in [3.63, 3.8) is 0 Å². The Hall–Kier alpha value is -2.35.